The van der Waals surface area contributed by atoms with E-state index in [2.05, 4.69) is 0 Å². The van der Waals surface area contributed by atoms with Gasteiger partial charge in [0.05, 0.1) is 18.2 Å². The first-order chi connectivity index (χ1) is 12.9. The van der Waals surface area contributed by atoms with Crippen LogP contribution in [0.1, 0.15) is 22.0 Å². The predicted octanol–water partition coefficient (Wildman–Crippen LogP) is 3.16. The maximum absolute atomic E-state index is 13.4. The monoisotopic (exact) mass is 393 g/mol. The summed E-state index contributed by atoms with van der Waals surface area (Å²) in [6, 6.07) is 10.7. The van der Waals surface area contributed by atoms with E-state index in [0.29, 0.717) is 36.6 Å². The summed E-state index contributed by atoms with van der Waals surface area (Å²) in [4.78, 5) is 25.0. The van der Waals surface area contributed by atoms with Crippen molar-refractivity contribution in [3.05, 3.63) is 64.4 Å². The molecule has 0 aromatic heterocycles. The second-order valence-electron chi connectivity index (χ2n) is 5.99. The Kier molecular flexibility index (Phi) is 5.93. The zero-order valence-corrected chi connectivity index (χ0v) is 15.0. The van der Waals surface area contributed by atoms with E-state index in [1.54, 1.807) is 29.2 Å². The molecule has 1 aliphatic rings. The largest absolute Gasteiger partial charge is 0.482 e. The molecule has 27 heavy (non-hydrogen) atoms. The molecule has 0 saturated carbocycles. The average molecular weight is 394 g/mol. The summed E-state index contributed by atoms with van der Waals surface area (Å²) in [5.74, 6) is -1.53. The average Bonchev–Trinajstić information content (AvgIpc) is 2.68. The zero-order chi connectivity index (χ0) is 19.4. The molecule has 0 aliphatic carbocycles. The van der Waals surface area contributed by atoms with Crippen molar-refractivity contribution in [3.63, 3.8) is 0 Å². The Morgan fingerprint density at radius 3 is 2.85 bits per heavy atom. The number of morpholine rings is 1. The first kappa shape index (κ1) is 19.1. The molecule has 0 bridgehead atoms. The zero-order valence-electron chi connectivity index (χ0n) is 14.2. The van der Waals surface area contributed by atoms with Crippen LogP contribution in [0.25, 0.3) is 0 Å². The molecular formula is C19H17ClFNO5. The van der Waals surface area contributed by atoms with Gasteiger partial charge in [-0.25, -0.2) is 9.18 Å². The maximum atomic E-state index is 13.4. The number of halogens is 2. The lowest BCUT2D eigenvalue weighted by Gasteiger charge is -2.33. The van der Waals surface area contributed by atoms with Crippen molar-refractivity contribution in [2.45, 2.75) is 6.10 Å². The van der Waals surface area contributed by atoms with Crippen molar-refractivity contribution < 1.29 is 28.6 Å². The van der Waals surface area contributed by atoms with Crippen molar-refractivity contribution >= 4 is 23.5 Å². The number of amides is 1. The van der Waals surface area contributed by atoms with Crippen LogP contribution in [0.15, 0.2) is 42.5 Å². The number of rotatable bonds is 5. The Hall–Kier alpha value is -2.64. The maximum Gasteiger partial charge on any atom is 0.341 e. The van der Waals surface area contributed by atoms with Gasteiger partial charge in [0, 0.05) is 12.1 Å². The summed E-state index contributed by atoms with van der Waals surface area (Å²) in [7, 11) is 0. The van der Waals surface area contributed by atoms with E-state index in [0.717, 1.165) is 0 Å². The molecule has 6 nitrogen and oxygen atoms in total. The Balaban J connectivity index is 1.72. The fourth-order valence-corrected chi connectivity index (χ4v) is 2.98. The number of carbonyl (C=O) groups is 2. The second kappa shape index (κ2) is 8.37. The summed E-state index contributed by atoms with van der Waals surface area (Å²) in [6.07, 6.45) is -0.410. The minimum atomic E-state index is -1.10. The Bertz CT molecular complexity index is 860. The number of carboxylic acid groups (broad SMARTS) is 1. The lowest BCUT2D eigenvalue weighted by atomic mass is 10.1. The summed E-state index contributed by atoms with van der Waals surface area (Å²) < 4.78 is 24.2. The summed E-state index contributed by atoms with van der Waals surface area (Å²) in [5, 5.41) is 8.69. The molecule has 1 atom stereocenters. The molecule has 1 N–H and O–H groups in total. The molecule has 8 heteroatoms. The van der Waals surface area contributed by atoms with Gasteiger partial charge >= 0.3 is 5.97 Å². The lowest BCUT2D eigenvalue weighted by molar-refractivity contribution is -0.139. The van der Waals surface area contributed by atoms with Crippen molar-refractivity contribution in [1.82, 2.24) is 4.90 Å². The third-order valence-electron chi connectivity index (χ3n) is 4.11. The summed E-state index contributed by atoms with van der Waals surface area (Å²) in [5.41, 5.74) is 1.08. The summed E-state index contributed by atoms with van der Waals surface area (Å²) in [6.45, 7) is 0.550. The third kappa shape index (κ3) is 4.75. The van der Waals surface area contributed by atoms with Crippen LogP contribution >= 0.6 is 11.6 Å². The Morgan fingerprint density at radius 1 is 1.30 bits per heavy atom. The number of hydrogen-bond donors (Lipinski definition) is 1. The Labute approximate surface area is 160 Å². The lowest BCUT2D eigenvalue weighted by Crippen LogP contribution is -2.42. The third-order valence-corrected chi connectivity index (χ3v) is 4.40. The van der Waals surface area contributed by atoms with Crippen LogP contribution in [0.5, 0.6) is 5.75 Å². The molecule has 1 saturated heterocycles. The fourth-order valence-electron chi connectivity index (χ4n) is 2.79. The minimum Gasteiger partial charge on any atom is -0.482 e. The van der Waals surface area contributed by atoms with Crippen molar-refractivity contribution in [3.8, 4) is 5.75 Å². The fraction of sp³-hybridized carbons (Fsp3) is 0.263. The van der Waals surface area contributed by atoms with Gasteiger partial charge in [0.15, 0.2) is 6.61 Å². The van der Waals surface area contributed by atoms with E-state index >= 15 is 0 Å². The molecule has 1 amide bonds. The molecule has 2 aromatic rings. The van der Waals surface area contributed by atoms with Gasteiger partial charge in [-0.2, -0.15) is 0 Å². The van der Waals surface area contributed by atoms with Gasteiger partial charge in [0.25, 0.3) is 5.91 Å². The number of carbonyl (C=O) groups excluding carboxylic acids is 1. The van der Waals surface area contributed by atoms with Gasteiger partial charge in [-0.3, -0.25) is 4.79 Å². The predicted molar refractivity (Wildman–Crippen MR) is 95.6 cm³/mol. The molecule has 3 rings (SSSR count). The molecule has 1 aliphatic heterocycles. The van der Waals surface area contributed by atoms with Gasteiger partial charge in [-0.05, 0) is 35.9 Å². The van der Waals surface area contributed by atoms with E-state index in [1.165, 1.54) is 18.2 Å². The van der Waals surface area contributed by atoms with Crippen LogP contribution in [0.3, 0.4) is 0 Å². The van der Waals surface area contributed by atoms with Crippen LogP contribution in [0.4, 0.5) is 4.39 Å². The number of aliphatic carboxylic acids is 1. The van der Waals surface area contributed by atoms with Gasteiger partial charge in [0.2, 0.25) is 0 Å². The molecular weight excluding hydrogens is 377 g/mol. The normalized spacial score (nSPS) is 16.8. The molecule has 2 aromatic carbocycles. The van der Waals surface area contributed by atoms with Gasteiger partial charge in [-0.1, -0.05) is 23.7 Å². The van der Waals surface area contributed by atoms with E-state index in [-0.39, 0.29) is 10.9 Å². The van der Waals surface area contributed by atoms with Crippen LogP contribution in [0.2, 0.25) is 5.02 Å². The topological polar surface area (TPSA) is 76.1 Å². The highest BCUT2D eigenvalue weighted by molar-refractivity contribution is 6.30. The molecule has 142 valence electrons. The number of ether oxygens (including phenoxy) is 2. The molecule has 1 heterocycles. The number of carboxylic acids is 1. The van der Waals surface area contributed by atoms with E-state index in [9.17, 15) is 14.0 Å². The first-order valence-electron chi connectivity index (χ1n) is 8.24. The molecule has 0 spiro atoms. The van der Waals surface area contributed by atoms with E-state index < -0.39 is 24.5 Å². The van der Waals surface area contributed by atoms with Crippen molar-refractivity contribution in [2.75, 3.05) is 26.3 Å². The van der Waals surface area contributed by atoms with E-state index in [1.807, 2.05) is 0 Å². The van der Waals surface area contributed by atoms with Crippen molar-refractivity contribution in [2.24, 2.45) is 0 Å². The van der Waals surface area contributed by atoms with Crippen LogP contribution in [0, 0.1) is 5.82 Å². The summed E-state index contributed by atoms with van der Waals surface area (Å²) >= 11 is 5.83. The highest BCUT2D eigenvalue weighted by atomic mass is 35.5. The molecule has 1 fully saturated rings. The SMILES string of the molecule is O=C(O)COc1cccc(C(=O)N2CCOC(c3ccc(F)c(Cl)c3)C2)c1. The smallest absolute Gasteiger partial charge is 0.341 e. The second-order valence-corrected chi connectivity index (χ2v) is 6.40. The highest BCUT2D eigenvalue weighted by Crippen LogP contribution is 2.27. The van der Waals surface area contributed by atoms with Gasteiger partial charge in [-0.15, -0.1) is 0 Å². The first-order valence-corrected chi connectivity index (χ1v) is 8.62. The van der Waals surface area contributed by atoms with Gasteiger partial charge in [0.1, 0.15) is 17.7 Å². The number of nitrogens with zero attached hydrogens (tertiary/aromatic N) is 1. The van der Waals surface area contributed by atoms with Crippen LogP contribution < -0.4 is 4.74 Å². The molecule has 0 radical (unpaired) electrons. The van der Waals surface area contributed by atoms with Crippen LogP contribution in [-0.2, 0) is 9.53 Å². The number of benzene rings is 2. The van der Waals surface area contributed by atoms with Gasteiger partial charge < -0.3 is 19.5 Å². The standard InChI is InChI=1S/C19H17ClFNO5/c20-15-9-12(4-5-16(15)21)17-10-22(6-7-26-17)19(25)13-2-1-3-14(8-13)27-11-18(23)24/h1-5,8-9,17H,6-7,10-11H2,(H,23,24). The highest BCUT2D eigenvalue weighted by Gasteiger charge is 2.26. The minimum absolute atomic E-state index is 0.00262. The van der Waals surface area contributed by atoms with Crippen LogP contribution in [-0.4, -0.2) is 48.2 Å². The Morgan fingerprint density at radius 2 is 2.11 bits per heavy atom. The molecule has 1 unspecified atom stereocenters. The van der Waals surface area contributed by atoms with E-state index in [4.69, 9.17) is 26.2 Å². The van der Waals surface area contributed by atoms with Crippen molar-refractivity contribution in [1.29, 1.82) is 0 Å². The number of hydrogen-bond acceptors (Lipinski definition) is 4. The quantitative estimate of drug-likeness (QED) is 0.844.